The maximum Gasteiger partial charge on any atom is 0.164 e. The van der Waals surface area contributed by atoms with E-state index in [1.807, 2.05) is 91.1 Å². The molecule has 0 fully saturated rings. The molecule has 0 amide bonds. The number of hydrogen-bond donors (Lipinski definition) is 2. The number of thiophene rings is 2. The number of anilines is 1. The standard InChI is InChI=1S/C40H26N4S.C15H12N2S.C3H6/c1-25-12-10-20-34-36(25)37-30(18-11-21-35(37)45-34)40-42-38(26-13-4-2-5-14-26)41-39(43-40)27-22-23-33-31(24-27)29-17-8-9-19-32(29)44(33)28-15-6-3-7-16-28;16-13(10-6-2-1-3-7-10)15-14(17)11-8-4-5-9-12(11)18-15;1-3-2/h2-24H,1H3;1-9,16H,17H2;3H,1H2,2H3. The summed E-state index contributed by atoms with van der Waals surface area (Å²) in [5, 5.41) is 14.1. The number of aryl methyl sites for hydroxylation is 1. The van der Waals surface area contributed by atoms with Crippen molar-refractivity contribution in [3.63, 3.8) is 0 Å². The molecule has 0 aliphatic heterocycles. The molecule has 8 aromatic carbocycles. The maximum absolute atomic E-state index is 8.27. The van der Waals surface area contributed by atoms with Crippen molar-refractivity contribution in [2.75, 3.05) is 5.73 Å². The molecule has 4 heterocycles. The first-order valence-corrected chi connectivity index (χ1v) is 23.3. The molecule has 12 aromatic rings. The normalized spacial score (nSPS) is 11.1. The molecule has 0 saturated carbocycles. The Kier molecular flexibility index (Phi) is 11.6. The van der Waals surface area contributed by atoms with Gasteiger partial charge in [-0.3, -0.25) is 5.41 Å². The van der Waals surface area contributed by atoms with Crippen molar-refractivity contribution in [3.05, 3.63) is 223 Å². The SMILES string of the molecule is C=CC.Cc1cccc2sc3cccc(-c4nc(-c5ccccc5)nc(-c5ccc6c(c5)c5ccccc5n6-c5ccccc5)n4)c3c12.N=C(c1ccccc1)c1sc2ccccc2c1N. The highest BCUT2D eigenvalue weighted by Crippen LogP contribution is 2.42. The van der Waals surface area contributed by atoms with Gasteiger partial charge in [-0.25, -0.2) is 15.0 Å². The Balaban J connectivity index is 0.000000203. The van der Waals surface area contributed by atoms with Crippen molar-refractivity contribution in [2.45, 2.75) is 13.8 Å². The lowest BCUT2D eigenvalue weighted by molar-refractivity contribution is 1.08. The van der Waals surface area contributed by atoms with E-state index >= 15 is 0 Å². The fraction of sp³-hybridized carbons (Fsp3) is 0.0345. The number of fused-ring (bicyclic) bond motifs is 7. The van der Waals surface area contributed by atoms with Crippen molar-refractivity contribution in [1.82, 2.24) is 19.5 Å². The molecule has 0 radical (unpaired) electrons. The summed E-state index contributed by atoms with van der Waals surface area (Å²) in [7, 11) is 0. The molecular weight excluding hydrogens is 845 g/mol. The number of aromatic nitrogens is 4. The van der Waals surface area contributed by atoms with Gasteiger partial charge in [0.1, 0.15) is 0 Å². The van der Waals surface area contributed by atoms with Crippen LogP contribution in [0.15, 0.2) is 207 Å². The Morgan fingerprint density at radius 1 is 0.545 bits per heavy atom. The molecule has 0 bridgehead atoms. The molecule has 66 heavy (non-hydrogen) atoms. The van der Waals surface area contributed by atoms with Gasteiger partial charge in [0.05, 0.1) is 27.3 Å². The molecule has 4 aromatic heterocycles. The number of nitrogens with two attached hydrogens (primary N) is 1. The highest BCUT2D eigenvalue weighted by molar-refractivity contribution is 7.26. The summed E-state index contributed by atoms with van der Waals surface area (Å²) in [6.07, 6.45) is 1.75. The lowest BCUT2D eigenvalue weighted by atomic mass is 10.0. The summed E-state index contributed by atoms with van der Waals surface area (Å²) in [6.45, 7) is 7.43. The lowest BCUT2D eigenvalue weighted by Gasteiger charge is -2.11. The smallest absolute Gasteiger partial charge is 0.164 e. The minimum atomic E-state index is 0.495. The van der Waals surface area contributed by atoms with Gasteiger partial charge in [-0.05, 0) is 74.0 Å². The van der Waals surface area contributed by atoms with E-state index in [2.05, 4.69) is 139 Å². The first-order valence-electron chi connectivity index (χ1n) is 21.7. The maximum atomic E-state index is 8.27. The minimum Gasteiger partial charge on any atom is -0.397 e. The van der Waals surface area contributed by atoms with Crippen molar-refractivity contribution in [1.29, 1.82) is 5.41 Å². The van der Waals surface area contributed by atoms with Crippen LogP contribution in [0.4, 0.5) is 5.69 Å². The van der Waals surface area contributed by atoms with E-state index in [1.165, 1.54) is 36.6 Å². The van der Waals surface area contributed by atoms with Crippen LogP contribution < -0.4 is 5.73 Å². The zero-order valence-corrected chi connectivity index (χ0v) is 38.1. The molecular formula is C58H44N6S2. The van der Waals surface area contributed by atoms with E-state index < -0.39 is 0 Å². The third-order valence-corrected chi connectivity index (χ3v) is 13.8. The van der Waals surface area contributed by atoms with Crippen molar-refractivity contribution < 1.29 is 0 Å². The Hall–Kier alpha value is -8.04. The van der Waals surface area contributed by atoms with Crippen LogP contribution in [0.2, 0.25) is 0 Å². The second kappa shape index (κ2) is 18.2. The summed E-state index contributed by atoms with van der Waals surface area (Å²) in [4.78, 5) is 16.2. The Morgan fingerprint density at radius 2 is 1.11 bits per heavy atom. The number of allylic oxidation sites excluding steroid dienone is 1. The van der Waals surface area contributed by atoms with Gasteiger partial charge in [-0.1, -0.05) is 146 Å². The first-order chi connectivity index (χ1) is 32.4. The van der Waals surface area contributed by atoms with E-state index in [-0.39, 0.29) is 0 Å². The van der Waals surface area contributed by atoms with Crippen molar-refractivity contribution in [2.24, 2.45) is 0 Å². The van der Waals surface area contributed by atoms with E-state index in [1.54, 1.807) is 17.4 Å². The van der Waals surface area contributed by atoms with Crippen LogP contribution in [0, 0.1) is 12.3 Å². The summed E-state index contributed by atoms with van der Waals surface area (Å²) in [5.74, 6) is 2.00. The van der Waals surface area contributed by atoms with Crippen LogP contribution in [0.1, 0.15) is 22.9 Å². The lowest BCUT2D eigenvalue weighted by Crippen LogP contribution is -2.01. The third-order valence-electron chi connectivity index (χ3n) is 11.5. The first kappa shape index (κ1) is 41.9. The van der Waals surface area contributed by atoms with Gasteiger partial charge < -0.3 is 10.3 Å². The Bertz CT molecular complexity index is 3720. The van der Waals surface area contributed by atoms with E-state index in [4.69, 9.17) is 26.1 Å². The average Bonchev–Trinajstić information content (AvgIpc) is 4.04. The van der Waals surface area contributed by atoms with Crippen LogP contribution in [-0.2, 0) is 0 Å². The largest absolute Gasteiger partial charge is 0.397 e. The predicted molar refractivity (Wildman–Crippen MR) is 283 cm³/mol. The monoisotopic (exact) mass is 888 g/mol. The quantitative estimate of drug-likeness (QED) is 0.128. The highest BCUT2D eigenvalue weighted by atomic mass is 32.1. The molecule has 0 saturated heterocycles. The minimum absolute atomic E-state index is 0.495. The predicted octanol–water partition coefficient (Wildman–Crippen LogP) is 15.7. The van der Waals surface area contributed by atoms with E-state index in [0.717, 1.165) is 53.8 Å². The molecule has 0 spiro atoms. The molecule has 318 valence electrons. The van der Waals surface area contributed by atoms with Gasteiger partial charge >= 0.3 is 0 Å². The topological polar surface area (TPSA) is 93.5 Å². The molecule has 0 aliphatic rings. The van der Waals surface area contributed by atoms with Gasteiger partial charge in [0.25, 0.3) is 0 Å². The van der Waals surface area contributed by atoms with Gasteiger partial charge in [0.15, 0.2) is 17.5 Å². The van der Waals surface area contributed by atoms with Crippen LogP contribution in [-0.4, -0.2) is 25.2 Å². The molecule has 0 atom stereocenters. The molecule has 8 heteroatoms. The average molecular weight is 889 g/mol. The molecule has 6 nitrogen and oxygen atoms in total. The number of nitrogens with zero attached hydrogens (tertiary/aromatic N) is 4. The zero-order valence-electron chi connectivity index (χ0n) is 36.4. The van der Waals surface area contributed by atoms with Gasteiger partial charge in [-0.15, -0.1) is 29.3 Å². The summed E-state index contributed by atoms with van der Waals surface area (Å²) in [6, 6.07) is 66.5. The number of nitrogens with one attached hydrogen (secondary N) is 1. The Labute approximate surface area is 391 Å². The van der Waals surface area contributed by atoms with Gasteiger partial charge in [0, 0.05) is 69.0 Å². The van der Waals surface area contributed by atoms with Crippen LogP contribution in [0.3, 0.4) is 0 Å². The van der Waals surface area contributed by atoms with Gasteiger partial charge in [0.2, 0.25) is 0 Å². The zero-order chi connectivity index (χ0) is 45.1. The third kappa shape index (κ3) is 7.83. The van der Waals surface area contributed by atoms with Crippen LogP contribution in [0.25, 0.3) is 91.9 Å². The number of para-hydroxylation sites is 2. The summed E-state index contributed by atoms with van der Waals surface area (Å²) >= 11 is 3.39. The highest BCUT2D eigenvalue weighted by Gasteiger charge is 2.20. The second-order valence-electron chi connectivity index (χ2n) is 15.8. The molecule has 0 unspecified atom stereocenters. The number of rotatable bonds is 6. The van der Waals surface area contributed by atoms with Crippen molar-refractivity contribution >= 4 is 86.1 Å². The van der Waals surface area contributed by atoms with Crippen LogP contribution >= 0.6 is 22.7 Å². The number of benzene rings is 8. The van der Waals surface area contributed by atoms with Gasteiger partial charge in [-0.2, -0.15) is 0 Å². The van der Waals surface area contributed by atoms with E-state index in [0.29, 0.717) is 28.9 Å². The number of hydrogen-bond acceptors (Lipinski definition) is 7. The van der Waals surface area contributed by atoms with E-state index in [9.17, 15) is 0 Å². The number of nitrogen functional groups attached to an aromatic ring is 1. The fourth-order valence-corrected chi connectivity index (χ4v) is 10.8. The molecule has 0 aliphatic carbocycles. The fourth-order valence-electron chi connectivity index (χ4n) is 8.52. The molecule has 12 rings (SSSR count). The second-order valence-corrected chi connectivity index (χ2v) is 17.9. The van der Waals surface area contributed by atoms with Crippen molar-refractivity contribution in [3.8, 4) is 39.9 Å². The van der Waals surface area contributed by atoms with Crippen LogP contribution in [0.5, 0.6) is 0 Å². The summed E-state index contributed by atoms with van der Waals surface area (Å²) in [5.41, 5.74) is 15.9. The summed E-state index contributed by atoms with van der Waals surface area (Å²) < 4.78 is 5.96. The molecule has 3 N–H and O–H groups in total. The Morgan fingerprint density at radius 3 is 1.83 bits per heavy atom.